The SMILES string of the molecule is CC.Cc1ccccc1.O=C1CCC(CNC(=O)C(F)(F)F)CC1. The lowest BCUT2D eigenvalue weighted by molar-refractivity contribution is -0.173. The van der Waals surface area contributed by atoms with Gasteiger partial charge in [-0.3, -0.25) is 9.59 Å². The van der Waals surface area contributed by atoms with Gasteiger partial charge in [0.1, 0.15) is 5.78 Å². The van der Waals surface area contributed by atoms with Gasteiger partial charge in [-0.15, -0.1) is 0 Å². The molecule has 0 aromatic heterocycles. The summed E-state index contributed by atoms with van der Waals surface area (Å²) in [4.78, 5) is 21.3. The molecule has 0 heterocycles. The quantitative estimate of drug-likeness (QED) is 0.861. The van der Waals surface area contributed by atoms with Gasteiger partial charge in [-0.1, -0.05) is 49.7 Å². The molecule has 0 saturated heterocycles. The Kier molecular flexibility index (Phi) is 10.8. The maximum atomic E-state index is 11.8. The monoisotopic (exact) mass is 345 g/mol. The molecule has 0 aliphatic heterocycles. The fraction of sp³-hybridized carbons (Fsp3) is 0.556. The van der Waals surface area contributed by atoms with Crippen molar-refractivity contribution in [1.82, 2.24) is 5.32 Å². The standard InChI is InChI=1S/C9H12F3NO2.C7H8.C2H6/c10-9(11,12)8(15)13-5-6-1-3-7(14)4-2-6;1-7-5-3-2-4-6-7;1-2/h6H,1-5H2,(H,13,15);2-6H,1H3;1-2H3. The number of aryl methyl sites for hydroxylation is 1. The normalized spacial score (nSPS) is 14.7. The number of amides is 1. The van der Waals surface area contributed by atoms with Gasteiger partial charge in [0.2, 0.25) is 0 Å². The minimum Gasteiger partial charge on any atom is -0.348 e. The molecule has 3 nitrogen and oxygen atoms in total. The zero-order valence-corrected chi connectivity index (χ0v) is 14.5. The highest BCUT2D eigenvalue weighted by Crippen LogP contribution is 2.21. The van der Waals surface area contributed by atoms with Gasteiger partial charge < -0.3 is 5.32 Å². The number of nitrogens with one attached hydrogen (secondary N) is 1. The van der Waals surface area contributed by atoms with E-state index in [4.69, 9.17) is 0 Å². The van der Waals surface area contributed by atoms with Crippen molar-refractivity contribution in [1.29, 1.82) is 0 Å². The van der Waals surface area contributed by atoms with Gasteiger partial charge in [0.25, 0.3) is 0 Å². The largest absolute Gasteiger partial charge is 0.471 e. The maximum absolute atomic E-state index is 11.8. The first kappa shape index (κ1) is 22.1. The van der Waals surface area contributed by atoms with Crippen LogP contribution in [0.3, 0.4) is 0 Å². The van der Waals surface area contributed by atoms with Crippen LogP contribution in [0.1, 0.15) is 45.1 Å². The Morgan fingerprint density at radius 2 is 1.62 bits per heavy atom. The number of hydrogen-bond acceptors (Lipinski definition) is 2. The smallest absolute Gasteiger partial charge is 0.348 e. The topological polar surface area (TPSA) is 46.2 Å². The van der Waals surface area contributed by atoms with E-state index >= 15 is 0 Å². The van der Waals surface area contributed by atoms with Crippen molar-refractivity contribution in [3.8, 4) is 0 Å². The summed E-state index contributed by atoms with van der Waals surface area (Å²) in [7, 11) is 0. The van der Waals surface area contributed by atoms with Crippen LogP contribution >= 0.6 is 0 Å². The number of carbonyl (C=O) groups excluding carboxylic acids is 2. The van der Waals surface area contributed by atoms with Gasteiger partial charge in [0.05, 0.1) is 0 Å². The Labute approximate surface area is 141 Å². The van der Waals surface area contributed by atoms with Crippen molar-refractivity contribution >= 4 is 11.7 Å². The highest BCUT2D eigenvalue weighted by atomic mass is 19.4. The number of alkyl halides is 3. The second kappa shape index (κ2) is 11.6. The summed E-state index contributed by atoms with van der Waals surface area (Å²) in [6.45, 7) is 6.09. The molecular formula is C18H26F3NO2. The summed E-state index contributed by atoms with van der Waals surface area (Å²) in [6.07, 6.45) is -2.86. The van der Waals surface area contributed by atoms with Gasteiger partial charge >= 0.3 is 12.1 Å². The lowest BCUT2D eigenvalue weighted by atomic mass is 9.88. The van der Waals surface area contributed by atoms with Gasteiger partial charge in [0.15, 0.2) is 0 Å². The molecule has 1 aromatic carbocycles. The number of benzene rings is 1. The van der Waals surface area contributed by atoms with Crippen LogP contribution in [0.4, 0.5) is 13.2 Å². The van der Waals surface area contributed by atoms with E-state index in [9.17, 15) is 22.8 Å². The Morgan fingerprint density at radius 3 is 2.00 bits per heavy atom. The summed E-state index contributed by atoms with van der Waals surface area (Å²) in [5.41, 5.74) is 1.32. The summed E-state index contributed by atoms with van der Waals surface area (Å²) >= 11 is 0. The first-order valence-electron chi connectivity index (χ1n) is 8.17. The molecule has 0 atom stereocenters. The zero-order chi connectivity index (χ0) is 18.6. The average molecular weight is 345 g/mol. The highest BCUT2D eigenvalue weighted by molar-refractivity contribution is 5.81. The maximum Gasteiger partial charge on any atom is 0.471 e. The zero-order valence-electron chi connectivity index (χ0n) is 14.5. The second-order valence-electron chi connectivity index (χ2n) is 5.34. The number of ketones is 1. The third kappa shape index (κ3) is 10.0. The van der Waals surface area contributed by atoms with Gasteiger partial charge in [-0.05, 0) is 25.7 Å². The van der Waals surface area contributed by atoms with E-state index < -0.39 is 12.1 Å². The molecule has 136 valence electrons. The van der Waals surface area contributed by atoms with Gasteiger partial charge in [-0.25, -0.2) is 0 Å². The highest BCUT2D eigenvalue weighted by Gasteiger charge is 2.38. The molecule has 1 saturated carbocycles. The molecule has 1 aliphatic carbocycles. The molecule has 0 unspecified atom stereocenters. The van der Waals surface area contributed by atoms with E-state index in [-0.39, 0.29) is 18.2 Å². The fourth-order valence-electron chi connectivity index (χ4n) is 2.08. The molecule has 1 aliphatic rings. The minimum atomic E-state index is -4.81. The van der Waals surface area contributed by atoms with Crippen LogP contribution in [0.5, 0.6) is 0 Å². The van der Waals surface area contributed by atoms with Gasteiger partial charge in [-0.2, -0.15) is 13.2 Å². The molecule has 2 rings (SSSR count). The summed E-state index contributed by atoms with van der Waals surface area (Å²) < 4.78 is 35.4. The number of rotatable bonds is 2. The number of Topliss-reactive ketones (excluding diaryl/α,β-unsaturated/α-hetero) is 1. The van der Waals surface area contributed by atoms with Crippen LogP contribution in [0.15, 0.2) is 30.3 Å². The number of halogens is 3. The van der Waals surface area contributed by atoms with Crippen molar-refractivity contribution in [2.24, 2.45) is 5.92 Å². The first-order valence-corrected chi connectivity index (χ1v) is 8.17. The molecule has 1 fully saturated rings. The third-order valence-corrected chi connectivity index (χ3v) is 3.41. The number of hydrogen-bond donors (Lipinski definition) is 1. The van der Waals surface area contributed by atoms with Gasteiger partial charge in [0, 0.05) is 19.4 Å². The van der Waals surface area contributed by atoms with Crippen molar-refractivity contribution in [2.75, 3.05) is 6.54 Å². The van der Waals surface area contributed by atoms with Crippen LogP contribution in [0.2, 0.25) is 0 Å². The van der Waals surface area contributed by atoms with E-state index in [0.29, 0.717) is 25.7 Å². The molecule has 0 radical (unpaired) electrons. The fourth-order valence-corrected chi connectivity index (χ4v) is 2.08. The Bertz CT molecular complexity index is 477. The summed E-state index contributed by atoms with van der Waals surface area (Å²) in [5, 5.41) is 1.83. The first-order chi connectivity index (χ1) is 11.3. The van der Waals surface area contributed by atoms with E-state index in [1.165, 1.54) is 5.56 Å². The molecule has 1 aromatic rings. The molecule has 0 spiro atoms. The van der Waals surface area contributed by atoms with Crippen molar-refractivity contribution < 1.29 is 22.8 Å². The van der Waals surface area contributed by atoms with Crippen molar-refractivity contribution in [2.45, 2.75) is 52.6 Å². The second-order valence-corrected chi connectivity index (χ2v) is 5.34. The van der Waals surface area contributed by atoms with E-state index in [2.05, 4.69) is 19.1 Å². The molecule has 1 amide bonds. The lowest BCUT2D eigenvalue weighted by Crippen LogP contribution is -2.40. The average Bonchev–Trinajstić information content (AvgIpc) is 2.56. The predicted molar refractivity (Wildman–Crippen MR) is 88.6 cm³/mol. The Hall–Kier alpha value is -1.85. The van der Waals surface area contributed by atoms with E-state index in [1.54, 1.807) is 0 Å². The molecule has 0 bridgehead atoms. The molecule has 1 N–H and O–H groups in total. The van der Waals surface area contributed by atoms with Crippen LogP contribution in [0.25, 0.3) is 0 Å². The predicted octanol–water partition coefficient (Wildman–Crippen LogP) is 4.45. The molecular weight excluding hydrogens is 319 g/mol. The minimum absolute atomic E-state index is 0.00556. The van der Waals surface area contributed by atoms with Crippen LogP contribution in [-0.2, 0) is 9.59 Å². The summed E-state index contributed by atoms with van der Waals surface area (Å²) in [6, 6.07) is 10.3. The van der Waals surface area contributed by atoms with Crippen LogP contribution < -0.4 is 5.32 Å². The molecule has 24 heavy (non-hydrogen) atoms. The Morgan fingerprint density at radius 1 is 1.12 bits per heavy atom. The van der Waals surface area contributed by atoms with Crippen molar-refractivity contribution in [3.63, 3.8) is 0 Å². The Balaban J connectivity index is 0.000000488. The lowest BCUT2D eigenvalue weighted by Gasteiger charge is -2.21. The van der Waals surface area contributed by atoms with Crippen molar-refractivity contribution in [3.05, 3.63) is 35.9 Å². The summed E-state index contributed by atoms with van der Waals surface area (Å²) in [5.74, 6) is -1.76. The van der Waals surface area contributed by atoms with Crippen LogP contribution in [-0.4, -0.2) is 24.4 Å². The van der Waals surface area contributed by atoms with E-state index in [1.807, 2.05) is 37.4 Å². The third-order valence-electron chi connectivity index (χ3n) is 3.41. The number of carbonyl (C=O) groups is 2. The molecule has 6 heteroatoms. The van der Waals surface area contributed by atoms with E-state index in [0.717, 1.165) is 0 Å². The van der Waals surface area contributed by atoms with Crippen LogP contribution in [0, 0.1) is 12.8 Å².